The van der Waals surface area contributed by atoms with E-state index in [9.17, 15) is 0 Å². The highest BCUT2D eigenvalue weighted by molar-refractivity contribution is 5.24. The molecule has 5 aromatic rings. The summed E-state index contributed by atoms with van der Waals surface area (Å²) in [6.07, 6.45) is 9.56. The maximum absolute atomic E-state index is 4.44. The van der Waals surface area contributed by atoms with Crippen LogP contribution in [0.15, 0.2) is 91.6 Å². The third-order valence-electron chi connectivity index (χ3n) is 8.54. The SMILES string of the molecule is CC.CC.CC.CC.CC.Cc1ccc(C(C)(C)C)cn1.Cc1ccc(C(C)(C)C)nc1.Cc1cccc(C(C)(C)C)n1.Cc1ccnc(C(C)(C)C)c1.Cc1cncc(C(C)(C)C)c1. The van der Waals surface area contributed by atoms with Crippen LogP contribution in [-0.4, -0.2) is 24.9 Å². The van der Waals surface area contributed by atoms with E-state index in [4.69, 9.17) is 0 Å². The van der Waals surface area contributed by atoms with E-state index in [1.807, 2.05) is 126 Å². The summed E-state index contributed by atoms with van der Waals surface area (Å²) in [7, 11) is 0. The Labute approximate surface area is 406 Å². The molecule has 0 aromatic carbocycles. The Balaban J connectivity index is -0.000000220. The fraction of sp³-hybridized carbons (Fsp3) is 0.583. The Kier molecular flexibility index (Phi) is 38.6. The highest BCUT2D eigenvalue weighted by atomic mass is 14.7. The van der Waals surface area contributed by atoms with Crippen molar-refractivity contribution in [3.63, 3.8) is 0 Å². The van der Waals surface area contributed by atoms with Crippen molar-refractivity contribution in [3.8, 4) is 0 Å². The van der Waals surface area contributed by atoms with E-state index in [0.29, 0.717) is 0 Å². The topological polar surface area (TPSA) is 64.5 Å². The predicted octanol–water partition coefficient (Wildman–Crippen LogP) is 18.6. The minimum Gasteiger partial charge on any atom is -0.264 e. The second-order valence-electron chi connectivity index (χ2n) is 19.8. The van der Waals surface area contributed by atoms with Crippen LogP contribution in [0.4, 0.5) is 0 Å². The summed E-state index contributed by atoms with van der Waals surface area (Å²) in [5, 5.41) is 0. The summed E-state index contributed by atoms with van der Waals surface area (Å²) in [6.45, 7) is 63.0. The van der Waals surface area contributed by atoms with Gasteiger partial charge in [0.2, 0.25) is 0 Å². The molecule has 0 aliphatic heterocycles. The summed E-state index contributed by atoms with van der Waals surface area (Å²) >= 11 is 0. The lowest BCUT2D eigenvalue weighted by Gasteiger charge is -2.18. The molecule has 0 aliphatic rings. The Morgan fingerprint density at radius 3 is 1.12 bits per heavy atom. The quantitative estimate of drug-likeness (QED) is 0.155. The Morgan fingerprint density at radius 1 is 0.323 bits per heavy atom. The van der Waals surface area contributed by atoms with Crippen molar-refractivity contribution < 1.29 is 0 Å². The van der Waals surface area contributed by atoms with Crippen molar-refractivity contribution in [2.45, 2.75) is 235 Å². The normalized spacial score (nSPS) is 10.3. The lowest BCUT2D eigenvalue weighted by molar-refractivity contribution is 0.567. The molecular weight excluding hydrogens is 791 g/mol. The van der Waals surface area contributed by atoms with Crippen molar-refractivity contribution in [3.05, 3.63) is 148 Å². The van der Waals surface area contributed by atoms with Gasteiger partial charge in [0, 0.05) is 75.7 Å². The second kappa shape index (κ2) is 35.9. The molecule has 65 heavy (non-hydrogen) atoms. The molecule has 5 aromatic heterocycles. The molecule has 0 radical (unpaired) electrons. The first-order chi connectivity index (χ1) is 30.0. The molecule has 5 nitrogen and oxygen atoms in total. The van der Waals surface area contributed by atoms with Crippen LogP contribution >= 0.6 is 0 Å². The maximum atomic E-state index is 4.44. The molecule has 0 spiro atoms. The number of aromatic nitrogens is 5. The van der Waals surface area contributed by atoms with Gasteiger partial charge in [-0.3, -0.25) is 24.9 Å². The molecule has 0 amide bonds. The molecule has 0 aliphatic carbocycles. The lowest BCUT2D eigenvalue weighted by Crippen LogP contribution is -2.13. The molecule has 0 saturated carbocycles. The third kappa shape index (κ3) is 34.7. The van der Waals surface area contributed by atoms with E-state index >= 15 is 0 Å². The first-order valence-corrected chi connectivity index (χ1v) is 24.7. The molecule has 370 valence electrons. The number of aryl methyl sites for hydroxylation is 5. The average Bonchev–Trinajstić information content (AvgIpc) is 3.24. The zero-order chi connectivity index (χ0) is 52.4. The molecule has 5 rings (SSSR count). The van der Waals surface area contributed by atoms with Gasteiger partial charge in [0.25, 0.3) is 0 Å². The van der Waals surface area contributed by atoms with Crippen molar-refractivity contribution in [2.75, 3.05) is 0 Å². The first kappa shape index (κ1) is 69.8. The number of pyridine rings is 5. The summed E-state index contributed by atoms with van der Waals surface area (Å²) in [5.41, 5.74) is 13.0. The van der Waals surface area contributed by atoms with Crippen LogP contribution in [0.2, 0.25) is 0 Å². The first-order valence-electron chi connectivity index (χ1n) is 24.7. The molecule has 0 fully saturated rings. The zero-order valence-corrected chi connectivity index (χ0v) is 48.4. The third-order valence-corrected chi connectivity index (χ3v) is 8.54. The molecule has 5 heteroatoms. The molecule has 0 saturated heterocycles. The van der Waals surface area contributed by atoms with Gasteiger partial charge in [-0.15, -0.1) is 0 Å². The Hall–Kier alpha value is -4.25. The van der Waals surface area contributed by atoms with Crippen LogP contribution in [-0.2, 0) is 27.1 Å². The molecule has 5 heterocycles. The Bertz CT molecular complexity index is 1650. The molecule has 0 unspecified atom stereocenters. The molecular formula is C60H105N5. The standard InChI is InChI=1S/5C10H15N.5C2H6/c1-8-5-9(7-11-6-8)10(2,3)4;1-8-5-6-9(7-11-8)10(2,3)4;1-8-5-6-11-9(7-8)10(2,3)4;1-8-5-6-9(11-7-8)10(2,3)4;1-8-6-5-7-9(11-8)10(2,3)4;5*1-2/h5*5-7H,1-4H3;5*1-2H3. The zero-order valence-electron chi connectivity index (χ0n) is 48.4. The number of hydrogen-bond acceptors (Lipinski definition) is 5. The second-order valence-corrected chi connectivity index (χ2v) is 19.8. The number of rotatable bonds is 0. The van der Waals surface area contributed by atoms with Gasteiger partial charge in [-0.05, 0) is 110 Å². The van der Waals surface area contributed by atoms with Crippen molar-refractivity contribution in [1.82, 2.24) is 24.9 Å². The largest absolute Gasteiger partial charge is 0.264 e. The molecule has 0 bridgehead atoms. The lowest BCUT2D eigenvalue weighted by atomic mass is 9.88. The van der Waals surface area contributed by atoms with Crippen molar-refractivity contribution in [2.24, 2.45) is 0 Å². The van der Waals surface area contributed by atoms with Crippen LogP contribution in [0, 0.1) is 34.6 Å². The highest BCUT2D eigenvalue weighted by Gasteiger charge is 2.16. The fourth-order valence-corrected chi connectivity index (χ4v) is 4.70. The van der Waals surface area contributed by atoms with Crippen LogP contribution in [0.25, 0.3) is 0 Å². The minimum atomic E-state index is 0.173. The average molecular weight is 897 g/mol. The van der Waals surface area contributed by atoms with Crippen LogP contribution in [0.1, 0.15) is 229 Å². The van der Waals surface area contributed by atoms with E-state index in [1.54, 1.807) is 0 Å². The fourth-order valence-electron chi connectivity index (χ4n) is 4.70. The minimum absolute atomic E-state index is 0.173. The van der Waals surface area contributed by atoms with Gasteiger partial charge < -0.3 is 0 Å². The van der Waals surface area contributed by atoms with Crippen molar-refractivity contribution >= 4 is 0 Å². The van der Waals surface area contributed by atoms with Crippen molar-refractivity contribution in [1.29, 1.82) is 0 Å². The van der Waals surface area contributed by atoms with Gasteiger partial charge in [0.1, 0.15) is 0 Å². The summed E-state index contributed by atoms with van der Waals surface area (Å²) in [4.78, 5) is 21.5. The predicted molar refractivity (Wildman–Crippen MR) is 295 cm³/mol. The summed E-state index contributed by atoms with van der Waals surface area (Å²) < 4.78 is 0. The van der Waals surface area contributed by atoms with Crippen LogP contribution in [0.5, 0.6) is 0 Å². The maximum Gasteiger partial charge on any atom is 0.0460 e. The summed E-state index contributed by atoms with van der Waals surface area (Å²) in [6, 6.07) is 20.9. The van der Waals surface area contributed by atoms with Gasteiger partial charge in [-0.25, -0.2) is 0 Å². The van der Waals surface area contributed by atoms with Crippen LogP contribution < -0.4 is 0 Å². The monoisotopic (exact) mass is 896 g/mol. The van der Waals surface area contributed by atoms with Gasteiger partial charge in [-0.1, -0.05) is 197 Å². The van der Waals surface area contributed by atoms with Gasteiger partial charge >= 0.3 is 0 Å². The van der Waals surface area contributed by atoms with Gasteiger partial charge in [0.15, 0.2) is 0 Å². The van der Waals surface area contributed by atoms with Gasteiger partial charge in [0.05, 0.1) is 0 Å². The van der Waals surface area contributed by atoms with E-state index in [0.717, 1.165) is 28.5 Å². The smallest absolute Gasteiger partial charge is 0.0460 e. The molecule has 0 atom stereocenters. The highest BCUT2D eigenvalue weighted by Crippen LogP contribution is 2.23. The van der Waals surface area contributed by atoms with Crippen LogP contribution in [0.3, 0.4) is 0 Å². The van der Waals surface area contributed by atoms with E-state index in [1.165, 1.54) is 27.8 Å². The number of hydrogen-bond donors (Lipinski definition) is 0. The van der Waals surface area contributed by atoms with Gasteiger partial charge in [-0.2, -0.15) is 0 Å². The Morgan fingerprint density at radius 2 is 0.815 bits per heavy atom. The summed E-state index contributed by atoms with van der Waals surface area (Å²) in [5.74, 6) is 0. The van der Waals surface area contributed by atoms with E-state index in [2.05, 4.69) is 198 Å². The number of nitrogens with zero attached hydrogens (tertiary/aromatic N) is 5. The molecule has 0 N–H and O–H groups in total. The van der Waals surface area contributed by atoms with E-state index < -0.39 is 0 Å². The van der Waals surface area contributed by atoms with E-state index in [-0.39, 0.29) is 27.1 Å².